The second-order valence-corrected chi connectivity index (χ2v) is 8.28. The van der Waals surface area contributed by atoms with E-state index in [0.29, 0.717) is 5.82 Å². The standard InChI is InChI=1S/C21H21N3O3S/c1-17-12-13-22-20(14-17)23-21(25)16-24(15-18-8-4-2-5-9-18)28(26,27)19-10-6-3-7-11-19/h2-14H,15-16H2,1H3,(H,22,23,25). The van der Waals surface area contributed by atoms with Crippen molar-refractivity contribution in [1.29, 1.82) is 0 Å². The number of anilines is 1. The molecule has 0 aliphatic heterocycles. The fourth-order valence-electron chi connectivity index (χ4n) is 2.70. The number of amides is 1. The molecule has 1 amide bonds. The maximum absolute atomic E-state index is 13.1. The van der Waals surface area contributed by atoms with Crippen LogP contribution in [0.3, 0.4) is 0 Å². The fraction of sp³-hybridized carbons (Fsp3) is 0.143. The maximum Gasteiger partial charge on any atom is 0.243 e. The van der Waals surface area contributed by atoms with Crippen LogP contribution in [0.2, 0.25) is 0 Å². The lowest BCUT2D eigenvalue weighted by molar-refractivity contribution is -0.116. The largest absolute Gasteiger partial charge is 0.310 e. The third-order valence-corrected chi connectivity index (χ3v) is 5.89. The number of sulfonamides is 1. The van der Waals surface area contributed by atoms with E-state index in [2.05, 4.69) is 10.3 Å². The minimum Gasteiger partial charge on any atom is -0.310 e. The Bertz CT molecular complexity index is 1040. The van der Waals surface area contributed by atoms with Crippen molar-refractivity contribution >= 4 is 21.7 Å². The second-order valence-electron chi connectivity index (χ2n) is 6.34. The average molecular weight is 395 g/mol. The van der Waals surface area contributed by atoms with Gasteiger partial charge in [0.25, 0.3) is 0 Å². The lowest BCUT2D eigenvalue weighted by atomic mass is 10.2. The predicted octanol–water partition coefficient (Wildman–Crippen LogP) is 3.22. The molecule has 1 heterocycles. The third kappa shape index (κ3) is 5.03. The van der Waals surface area contributed by atoms with Crippen LogP contribution in [0, 0.1) is 6.92 Å². The van der Waals surface area contributed by atoms with Crippen molar-refractivity contribution < 1.29 is 13.2 Å². The molecule has 0 bridgehead atoms. The normalized spacial score (nSPS) is 11.4. The molecule has 0 saturated heterocycles. The van der Waals surface area contributed by atoms with Crippen molar-refractivity contribution in [3.63, 3.8) is 0 Å². The van der Waals surface area contributed by atoms with Crippen LogP contribution in [0.15, 0.2) is 83.9 Å². The minimum atomic E-state index is -3.84. The number of carbonyl (C=O) groups excluding carboxylic acids is 1. The number of carbonyl (C=O) groups is 1. The van der Waals surface area contributed by atoms with Crippen LogP contribution in [0.25, 0.3) is 0 Å². The van der Waals surface area contributed by atoms with Crippen LogP contribution in [-0.4, -0.2) is 30.2 Å². The van der Waals surface area contributed by atoms with E-state index in [9.17, 15) is 13.2 Å². The topological polar surface area (TPSA) is 79.4 Å². The van der Waals surface area contributed by atoms with E-state index in [1.807, 2.05) is 43.3 Å². The summed E-state index contributed by atoms with van der Waals surface area (Å²) in [6.07, 6.45) is 1.59. The van der Waals surface area contributed by atoms with Crippen molar-refractivity contribution in [1.82, 2.24) is 9.29 Å². The average Bonchev–Trinajstić information content (AvgIpc) is 2.69. The molecule has 0 unspecified atom stereocenters. The van der Waals surface area contributed by atoms with Crippen molar-refractivity contribution in [2.24, 2.45) is 0 Å². The number of nitrogens with one attached hydrogen (secondary N) is 1. The molecule has 28 heavy (non-hydrogen) atoms. The zero-order chi connectivity index (χ0) is 20.0. The molecule has 2 aromatic carbocycles. The van der Waals surface area contributed by atoms with Gasteiger partial charge >= 0.3 is 0 Å². The van der Waals surface area contributed by atoms with E-state index in [4.69, 9.17) is 0 Å². The third-order valence-electron chi connectivity index (χ3n) is 4.09. The zero-order valence-corrected chi connectivity index (χ0v) is 16.3. The van der Waals surface area contributed by atoms with E-state index in [1.165, 1.54) is 16.4 Å². The lowest BCUT2D eigenvalue weighted by Gasteiger charge is -2.22. The molecule has 144 valence electrons. The molecule has 1 N–H and O–H groups in total. The number of benzene rings is 2. The highest BCUT2D eigenvalue weighted by Gasteiger charge is 2.26. The van der Waals surface area contributed by atoms with Gasteiger partial charge in [-0.25, -0.2) is 13.4 Å². The van der Waals surface area contributed by atoms with Crippen LogP contribution in [0.4, 0.5) is 5.82 Å². The summed E-state index contributed by atoms with van der Waals surface area (Å²) in [4.78, 5) is 16.8. The molecular formula is C21H21N3O3S. The first-order chi connectivity index (χ1) is 13.4. The Morgan fingerprint density at radius 2 is 1.64 bits per heavy atom. The highest BCUT2D eigenvalue weighted by Crippen LogP contribution is 2.18. The number of rotatable bonds is 7. The molecule has 7 heteroatoms. The minimum absolute atomic E-state index is 0.0900. The van der Waals surface area contributed by atoms with E-state index < -0.39 is 15.9 Å². The first kappa shape index (κ1) is 19.7. The summed E-state index contributed by atoms with van der Waals surface area (Å²) in [6, 6.07) is 20.8. The molecule has 0 saturated carbocycles. The second kappa shape index (κ2) is 8.77. The summed E-state index contributed by atoms with van der Waals surface area (Å²) in [7, 11) is -3.84. The number of nitrogens with zero attached hydrogens (tertiary/aromatic N) is 2. The van der Waals surface area contributed by atoms with Crippen molar-refractivity contribution in [3.05, 3.63) is 90.1 Å². The van der Waals surface area contributed by atoms with Crippen LogP contribution in [-0.2, 0) is 21.4 Å². The van der Waals surface area contributed by atoms with Gasteiger partial charge in [-0.2, -0.15) is 4.31 Å². The summed E-state index contributed by atoms with van der Waals surface area (Å²) in [5.41, 5.74) is 1.74. The first-order valence-electron chi connectivity index (χ1n) is 8.77. The Balaban J connectivity index is 1.84. The van der Waals surface area contributed by atoms with Crippen LogP contribution in [0.5, 0.6) is 0 Å². The van der Waals surface area contributed by atoms with Gasteiger partial charge in [0.2, 0.25) is 15.9 Å². The first-order valence-corrected chi connectivity index (χ1v) is 10.2. The van der Waals surface area contributed by atoms with Crippen LogP contribution in [0.1, 0.15) is 11.1 Å². The Labute approximate surface area is 164 Å². The summed E-state index contributed by atoms with van der Waals surface area (Å²) >= 11 is 0. The van der Waals surface area contributed by atoms with Gasteiger partial charge in [0, 0.05) is 12.7 Å². The SMILES string of the molecule is Cc1ccnc(NC(=O)CN(Cc2ccccc2)S(=O)(=O)c2ccccc2)c1. The molecule has 0 spiro atoms. The highest BCUT2D eigenvalue weighted by molar-refractivity contribution is 7.89. The lowest BCUT2D eigenvalue weighted by Crippen LogP contribution is -2.37. The fourth-order valence-corrected chi connectivity index (χ4v) is 4.11. The molecule has 0 radical (unpaired) electrons. The molecule has 3 aromatic rings. The smallest absolute Gasteiger partial charge is 0.243 e. The molecule has 6 nitrogen and oxygen atoms in total. The van der Waals surface area contributed by atoms with Gasteiger partial charge in [-0.05, 0) is 42.3 Å². The van der Waals surface area contributed by atoms with E-state index >= 15 is 0 Å². The van der Waals surface area contributed by atoms with Gasteiger partial charge in [0.05, 0.1) is 11.4 Å². The van der Waals surface area contributed by atoms with Gasteiger partial charge in [-0.1, -0.05) is 48.5 Å². The summed E-state index contributed by atoms with van der Waals surface area (Å²) in [6.45, 7) is 1.66. The summed E-state index contributed by atoms with van der Waals surface area (Å²) < 4.78 is 27.4. The number of aryl methyl sites for hydroxylation is 1. The number of pyridine rings is 1. The quantitative estimate of drug-likeness (QED) is 0.666. The maximum atomic E-state index is 13.1. The highest BCUT2D eigenvalue weighted by atomic mass is 32.2. The van der Waals surface area contributed by atoms with Gasteiger partial charge in [-0.3, -0.25) is 4.79 Å². The van der Waals surface area contributed by atoms with E-state index in [-0.39, 0.29) is 18.0 Å². The predicted molar refractivity (Wildman–Crippen MR) is 108 cm³/mol. The van der Waals surface area contributed by atoms with E-state index in [1.54, 1.807) is 30.5 Å². The Morgan fingerprint density at radius 3 is 2.29 bits per heavy atom. The molecule has 0 aliphatic carbocycles. The molecule has 1 aromatic heterocycles. The summed E-state index contributed by atoms with van der Waals surface area (Å²) in [5.74, 6) is -0.0599. The van der Waals surface area contributed by atoms with Gasteiger partial charge in [-0.15, -0.1) is 0 Å². The van der Waals surface area contributed by atoms with Crippen LogP contribution >= 0.6 is 0 Å². The monoisotopic (exact) mass is 395 g/mol. The summed E-state index contributed by atoms with van der Waals surface area (Å²) in [5, 5.41) is 2.67. The van der Waals surface area contributed by atoms with Crippen molar-refractivity contribution in [2.75, 3.05) is 11.9 Å². The molecular weight excluding hydrogens is 374 g/mol. The van der Waals surface area contributed by atoms with Crippen molar-refractivity contribution in [3.8, 4) is 0 Å². The molecule has 0 atom stereocenters. The Kier molecular flexibility index (Phi) is 6.18. The van der Waals surface area contributed by atoms with Crippen molar-refractivity contribution in [2.45, 2.75) is 18.4 Å². The van der Waals surface area contributed by atoms with Gasteiger partial charge < -0.3 is 5.32 Å². The molecule has 3 rings (SSSR count). The van der Waals surface area contributed by atoms with E-state index in [0.717, 1.165) is 11.1 Å². The molecule has 0 fully saturated rings. The molecule has 0 aliphatic rings. The Hall–Kier alpha value is -3.03. The Morgan fingerprint density at radius 1 is 1.00 bits per heavy atom. The number of hydrogen-bond acceptors (Lipinski definition) is 4. The zero-order valence-electron chi connectivity index (χ0n) is 15.4. The van der Waals surface area contributed by atoms with Crippen LogP contribution < -0.4 is 5.32 Å². The number of hydrogen-bond donors (Lipinski definition) is 1. The van der Waals surface area contributed by atoms with Gasteiger partial charge in [0.15, 0.2) is 0 Å². The van der Waals surface area contributed by atoms with Gasteiger partial charge in [0.1, 0.15) is 5.82 Å². The number of aromatic nitrogens is 1.